The molecule has 2 aromatic heterocycles. The minimum Gasteiger partial charge on any atom is -0.364 e. The number of aromatic nitrogens is 3. The van der Waals surface area contributed by atoms with E-state index in [4.69, 9.17) is 0 Å². The van der Waals surface area contributed by atoms with Gasteiger partial charge < -0.3 is 10.6 Å². The van der Waals surface area contributed by atoms with Crippen LogP contribution >= 0.6 is 0 Å². The van der Waals surface area contributed by atoms with E-state index in [-0.39, 0.29) is 0 Å². The molecule has 0 unspecified atom stereocenters. The molecule has 2 aromatic rings. The van der Waals surface area contributed by atoms with Crippen LogP contribution in [0.25, 0.3) is 0 Å². The molecule has 0 saturated carbocycles. The highest BCUT2D eigenvalue weighted by atomic mass is 15.1. The molecule has 5 heteroatoms. The monoisotopic (exact) mass is 271 g/mol. The summed E-state index contributed by atoms with van der Waals surface area (Å²) >= 11 is 0. The molecular weight excluding hydrogens is 250 g/mol. The summed E-state index contributed by atoms with van der Waals surface area (Å²) in [5.41, 5.74) is 0.987. The van der Waals surface area contributed by atoms with Crippen LogP contribution in [0.4, 0.5) is 11.8 Å². The second-order valence-electron chi connectivity index (χ2n) is 5.05. The Balaban J connectivity index is 1.86. The van der Waals surface area contributed by atoms with Gasteiger partial charge in [0, 0.05) is 18.9 Å². The maximum atomic E-state index is 4.42. The topological polar surface area (TPSA) is 62.7 Å². The van der Waals surface area contributed by atoms with E-state index in [2.05, 4.69) is 39.4 Å². The van der Waals surface area contributed by atoms with Gasteiger partial charge in [-0.2, -0.15) is 4.98 Å². The lowest BCUT2D eigenvalue weighted by molar-refractivity contribution is 0.606. The van der Waals surface area contributed by atoms with E-state index in [1.165, 1.54) is 0 Å². The maximum absolute atomic E-state index is 4.42. The first kappa shape index (κ1) is 14.2. The van der Waals surface area contributed by atoms with Gasteiger partial charge in [-0.05, 0) is 30.5 Å². The van der Waals surface area contributed by atoms with Crippen LogP contribution in [0.1, 0.15) is 26.0 Å². The van der Waals surface area contributed by atoms with Gasteiger partial charge >= 0.3 is 0 Å². The highest BCUT2D eigenvalue weighted by Crippen LogP contribution is 2.08. The Labute approximate surface area is 119 Å². The molecule has 2 heterocycles. The van der Waals surface area contributed by atoms with Gasteiger partial charge in [0.2, 0.25) is 5.95 Å². The van der Waals surface area contributed by atoms with Crippen molar-refractivity contribution < 1.29 is 0 Å². The van der Waals surface area contributed by atoms with E-state index >= 15 is 0 Å². The quantitative estimate of drug-likeness (QED) is 0.810. The van der Waals surface area contributed by atoms with E-state index in [1.807, 2.05) is 24.3 Å². The van der Waals surface area contributed by atoms with Gasteiger partial charge in [-0.25, -0.2) is 4.98 Å². The minimum absolute atomic E-state index is 0.656. The first-order chi connectivity index (χ1) is 9.74. The Kier molecular flexibility index (Phi) is 5.29. The normalized spacial score (nSPS) is 10.6. The van der Waals surface area contributed by atoms with E-state index < -0.39 is 0 Å². The van der Waals surface area contributed by atoms with Crippen LogP contribution in [-0.4, -0.2) is 21.5 Å². The van der Waals surface area contributed by atoms with Crippen LogP contribution < -0.4 is 10.6 Å². The van der Waals surface area contributed by atoms with Crippen LogP contribution in [0.15, 0.2) is 36.7 Å². The summed E-state index contributed by atoms with van der Waals surface area (Å²) in [5, 5.41) is 6.48. The second-order valence-corrected chi connectivity index (χ2v) is 5.05. The van der Waals surface area contributed by atoms with Crippen molar-refractivity contribution in [2.24, 2.45) is 5.92 Å². The lowest BCUT2D eigenvalue weighted by Gasteiger charge is -2.09. The van der Waals surface area contributed by atoms with Gasteiger partial charge in [-0.1, -0.05) is 19.9 Å². The molecule has 0 spiro atoms. The summed E-state index contributed by atoms with van der Waals surface area (Å²) in [6, 6.07) is 7.72. The molecule has 5 nitrogen and oxygen atoms in total. The van der Waals surface area contributed by atoms with E-state index in [0.717, 1.165) is 24.5 Å². The molecule has 0 aliphatic carbocycles. The van der Waals surface area contributed by atoms with Crippen molar-refractivity contribution >= 4 is 11.8 Å². The molecule has 0 amide bonds. The van der Waals surface area contributed by atoms with Gasteiger partial charge in [0.25, 0.3) is 0 Å². The zero-order valence-corrected chi connectivity index (χ0v) is 12.0. The molecule has 20 heavy (non-hydrogen) atoms. The van der Waals surface area contributed by atoms with Crippen molar-refractivity contribution in [3.8, 4) is 0 Å². The van der Waals surface area contributed by atoms with Crippen LogP contribution in [0.2, 0.25) is 0 Å². The Morgan fingerprint density at radius 2 is 1.95 bits per heavy atom. The van der Waals surface area contributed by atoms with Crippen LogP contribution in [0.3, 0.4) is 0 Å². The second kappa shape index (κ2) is 7.43. The van der Waals surface area contributed by atoms with Gasteiger partial charge in [-0.3, -0.25) is 4.98 Å². The number of nitrogens with one attached hydrogen (secondary N) is 2. The van der Waals surface area contributed by atoms with Gasteiger partial charge in [0.1, 0.15) is 5.82 Å². The SMILES string of the molecule is CC(C)CCNc1nccc(NCc2ccccn2)n1. The van der Waals surface area contributed by atoms with Crippen molar-refractivity contribution in [3.63, 3.8) is 0 Å². The summed E-state index contributed by atoms with van der Waals surface area (Å²) in [5.74, 6) is 2.14. The Morgan fingerprint density at radius 1 is 1.05 bits per heavy atom. The number of hydrogen-bond donors (Lipinski definition) is 2. The zero-order chi connectivity index (χ0) is 14.2. The standard InChI is InChI=1S/C15H21N5/c1-12(2)6-9-17-15-18-10-7-14(20-15)19-11-13-5-3-4-8-16-13/h3-5,7-8,10,12H,6,9,11H2,1-2H3,(H2,17,18,19,20). The highest BCUT2D eigenvalue weighted by Gasteiger charge is 2.00. The first-order valence-corrected chi connectivity index (χ1v) is 6.95. The molecule has 0 aromatic carbocycles. The molecular formula is C15H21N5. The first-order valence-electron chi connectivity index (χ1n) is 6.95. The predicted molar refractivity (Wildman–Crippen MR) is 81.5 cm³/mol. The lowest BCUT2D eigenvalue weighted by Crippen LogP contribution is -2.09. The molecule has 0 atom stereocenters. The number of rotatable bonds is 7. The van der Waals surface area contributed by atoms with Crippen LogP contribution in [-0.2, 0) is 6.54 Å². The molecule has 0 radical (unpaired) electrons. The average Bonchev–Trinajstić information content (AvgIpc) is 2.46. The fraction of sp³-hybridized carbons (Fsp3) is 0.400. The third-order valence-corrected chi connectivity index (χ3v) is 2.84. The largest absolute Gasteiger partial charge is 0.364 e. The van der Waals surface area contributed by atoms with E-state index in [9.17, 15) is 0 Å². The predicted octanol–water partition coefficient (Wildman–Crippen LogP) is 2.94. The molecule has 0 saturated heterocycles. The Morgan fingerprint density at radius 3 is 2.70 bits per heavy atom. The highest BCUT2D eigenvalue weighted by molar-refractivity contribution is 5.39. The van der Waals surface area contributed by atoms with E-state index in [1.54, 1.807) is 12.4 Å². The summed E-state index contributed by atoms with van der Waals surface area (Å²) in [6.07, 6.45) is 4.65. The zero-order valence-electron chi connectivity index (χ0n) is 12.0. The fourth-order valence-electron chi connectivity index (χ4n) is 1.70. The van der Waals surface area contributed by atoms with Gasteiger partial charge in [0.05, 0.1) is 12.2 Å². The lowest BCUT2D eigenvalue weighted by atomic mass is 10.1. The molecule has 0 aliphatic heterocycles. The molecule has 0 aliphatic rings. The average molecular weight is 271 g/mol. The van der Waals surface area contributed by atoms with Crippen molar-refractivity contribution in [2.45, 2.75) is 26.8 Å². The third-order valence-electron chi connectivity index (χ3n) is 2.84. The van der Waals surface area contributed by atoms with Crippen LogP contribution in [0, 0.1) is 5.92 Å². The Hall–Kier alpha value is -2.17. The van der Waals surface area contributed by atoms with Crippen molar-refractivity contribution in [1.29, 1.82) is 0 Å². The minimum atomic E-state index is 0.656. The van der Waals surface area contributed by atoms with Crippen molar-refractivity contribution in [2.75, 3.05) is 17.2 Å². The smallest absolute Gasteiger partial charge is 0.224 e. The molecule has 2 rings (SSSR count). The summed E-state index contributed by atoms with van der Waals surface area (Å²) in [4.78, 5) is 12.9. The maximum Gasteiger partial charge on any atom is 0.224 e. The molecule has 0 bridgehead atoms. The van der Waals surface area contributed by atoms with Crippen molar-refractivity contribution in [1.82, 2.24) is 15.0 Å². The molecule has 106 valence electrons. The number of pyridine rings is 1. The summed E-state index contributed by atoms with van der Waals surface area (Å²) in [7, 11) is 0. The number of nitrogens with zero attached hydrogens (tertiary/aromatic N) is 3. The Bertz CT molecular complexity index is 513. The summed E-state index contributed by atoms with van der Waals surface area (Å²) < 4.78 is 0. The van der Waals surface area contributed by atoms with Crippen LogP contribution in [0.5, 0.6) is 0 Å². The van der Waals surface area contributed by atoms with Gasteiger partial charge in [0.15, 0.2) is 0 Å². The number of hydrogen-bond acceptors (Lipinski definition) is 5. The summed E-state index contributed by atoms with van der Waals surface area (Å²) in [6.45, 7) is 5.95. The number of anilines is 2. The van der Waals surface area contributed by atoms with E-state index in [0.29, 0.717) is 18.4 Å². The van der Waals surface area contributed by atoms with Crippen molar-refractivity contribution in [3.05, 3.63) is 42.4 Å². The molecule has 2 N–H and O–H groups in total. The molecule has 0 fully saturated rings. The third kappa shape index (κ3) is 4.84. The van der Waals surface area contributed by atoms with Gasteiger partial charge in [-0.15, -0.1) is 0 Å². The fourth-order valence-corrected chi connectivity index (χ4v) is 1.70.